The number of allylic oxidation sites excluding steroid dienone is 2. The molecular formula is C19H24O. The minimum atomic E-state index is 0.767. The van der Waals surface area contributed by atoms with E-state index in [0.29, 0.717) is 0 Å². The lowest BCUT2D eigenvalue weighted by Crippen LogP contribution is -2.30. The maximum absolute atomic E-state index is 5.39. The molecule has 4 atom stereocenters. The molecule has 1 heteroatoms. The van der Waals surface area contributed by atoms with Crippen LogP contribution in [0, 0.1) is 17.8 Å². The van der Waals surface area contributed by atoms with E-state index in [2.05, 4.69) is 31.2 Å². The van der Waals surface area contributed by atoms with Crippen LogP contribution in [-0.2, 0) is 6.42 Å². The summed E-state index contributed by atoms with van der Waals surface area (Å²) in [6.07, 6.45) is 9.31. The summed E-state index contributed by atoms with van der Waals surface area (Å²) in [6, 6.07) is 6.75. The molecule has 4 rings (SSSR count). The van der Waals surface area contributed by atoms with Gasteiger partial charge in [-0.05, 0) is 79.0 Å². The molecule has 0 heterocycles. The van der Waals surface area contributed by atoms with Crippen molar-refractivity contribution in [2.45, 2.75) is 44.9 Å². The molecule has 106 valence electrons. The Bertz CT molecular complexity index is 557. The Hall–Kier alpha value is -1.24. The van der Waals surface area contributed by atoms with Crippen LogP contribution in [0.3, 0.4) is 0 Å². The number of aryl methyl sites for hydroxylation is 1. The molecule has 3 aliphatic carbocycles. The predicted molar refractivity (Wildman–Crippen MR) is 82.1 cm³/mol. The quantitative estimate of drug-likeness (QED) is 0.670. The van der Waals surface area contributed by atoms with Gasteiger partial charge in [-0.25, -0.2) is 0 Å². The van der Waals surface area contributed by atoms with E-state index in [0.717, 1.165) is 29.4 Å². The largest absolute Gasteiger partial charge is 0.497 e. The Morgan fingerprint density at radius 3 is 2.85 bits per heavy atom. The van der Waals surface area contributed by atoms with E-state index < -0.39 is 0 Å². The number of ether oxygens (including phenoxy) is 1. The highest BCUT2D eigenvalue weighted by Gasteiger charge is 2.42. The summed E-state index contributed by atoms with van der Waals surface area (Å²) in [5, 5.41) is 0. The predicted octanol–water partition coefficient (Wildman–Crippen LogP) is 4.72. The first-order valence-electron chi connectivity index (χ1n) is 8.14. The summed E-state index contributed by atoms with van der Waals surface area (Å²) in [7, 11) is 1.77. The maximum atomic E-state index is 5.39. The van der Waals surface area contributed by atoms with Crippen molar-refractivity contribution in [1.82, 2.24) is 0 Å². The number of methoxy groups -OCH3 is 1. The standard InChI is InChI=1S/C19H24O/c1-12-3-6-17-15(12)9-10-18-16-8-5-14(20-2)11-13(16)4-7-19(17)18/h5,8-9,11-12,17-19H,3-4,6-7,10H2,1-2H3/t12?,17-,18-,19+/m1/s1. The van der Waals surface area contributed by atoms with Crippen LogP contribution in [0.2, 0.25) is 0 Å². The summed E-state index contributed by atoms with van der Waals surface area (Å²) < 4.78 is 5.39. The molecule has 20 heavy (non-hydrogen) atoms. The molecular weight excluding hydrogens is 244 g/mol. The molecule has 1 aromatic carbocycles. The van der Waals surface area contributed by atoms with Crippen molar-refractivity contribution in [1.29, 1.82) is 0 Å². The van der Waals surface area contributed by atoms with Crippen molar-refractivity contribution in [2.24, 2.45) is 17.8 Å². The zero-order valence-electron chi connectivity index (χ0n) is 12.6. The molecule has 0 N–H and O–H groups in total. The molecule has 0 saturated heterocycles. The molecule has 1 saturated carbocycles. The second kappa shape index (κ2) is 4.65. The first kappa shape index (κ1) is 12.5. The lowest BCUT2D eigenvalue weighted by Gasteiger charge is -2.41. The van der Waals surface area contributed by atoms with Gasteiger partial charge in [-0.2, -0.15) is 0 Å². The molecule has 0 radical (unpaired) electrons. The van der Waals surface area contributed by atoms with Gasteiger partial charge in [0, 0.05) is 0 Å². The van der Waals surface area contributed by atoms with Crippen LogP contribution in [0.1, 0.15) is 49.7 Å². The Labute approximate surface area is 122 Å². The monoisotopic (exact) mass is 268 g/mol. The SMILES string of the molecule is COc1ccc2c(c1)CC[C@H]1[C@@H]3CCC(C)C3=CC[C@H]21. The first-order valence-corrected chi connectivity index (χ1v) is 8.14. The third kappa shape index (κ3) is 1.75. The van der Waals surface area contributed by atoms with E-state index >= 15 is 0 Å². The summed E-state index contributed by atoms with van der Waals surface area (Å²) in [4.78, 5) is 0. The van der Waals surface area contributed by atoms with Crippen molar-refractivity contribution in [3.05, 3.63) is 41.0 Å². The average Bonchev–Trinajstić information content (AvgIpc) is 2.88. The average molecular weight is 268 g/mol. The Balaban J connectivity index is 1.71. The van der Waals surface area contributed by atoms with Crippen molar-refractivity contribution >= 4 is 0 Å². The molecule has 1 aromatic rings. The van der Waals surface area contributed by atoms with E-state index in [1.807, 2.05) is 0 Å². The summed E-state index contributed by atoms with van der Waals surface area (Å²) in [5.74, 6) is 4.42. The lowest BCUT2D eigenvalue weighted by atomic mass is 9.64. The normalized spacial score (nSPS) is 34.8. The van der Waals surface area contributed by atoms with Crippen molar-refractivity contribution in [3.8, 4) is 5.75 Å². The summed E-state index contributed by atoms with van der Waals surface area (Å²) in [6.45, 7) is 2.42. The highest BCUT2D eigenvalue weighted by molar-refractivity contribution is 5.42. The van der Waals surface area contributed by atoms with Crippen molar-refractivity contribution in [3.63, 3.8) is 0 Å². The molecule has 1 nitrogen and oxygen atoms in total. The topological polar surface area (TPSA) is 9.23 Å². The first-order chi connectivity index (χ1) is 9.78. The van der Waals surface area contributed by atoms with Gasteiger partial charge in [-0.3, -0.25) is 0 Å². The number of hydrogen-bond acceptors (Lipinski definition) is 1. The zero-order valence-corrected chi connectivity index (χ0v) is 12.6. The smallest absolute Gasteiger partial charge is 0.119 e. The van der Waals surface area contributed by atoms with Crippen LogP contribution in [0.15, 0.2) is 29.8 Å². The zero-order chi connectivity index (χ0) is 13.7. The third-order valence-electron chi connectivity index (χ3n) is 6.05. The van der Waals surface area contributed by atoms with Gasteiger partial charge in [-0.15, -0.1) is 0 Å². The Kier molecular flexibility index (Phi) is 2.90. The van der Waals surface area contributed by atoms with Crippen LogP contribution in [0.25, 0.3) is 0 Å². The van der Waals surface area contributed by atoms with Gasteiger partial charge in [0.25, 0.3) is 0 Å². The molecule has 1 fully saturated rings. The van der Waals surface area contributed by atoms with Crippen LogP contribution in [-0.4, -0.2) is 7.11 Å². The fourth-order valence-electron chi connectivity index (χ4n) is 5.03. The van der Waals surface area contributed by atoms with Gasteiger partial charge in [-0.1, -0.05) is 24.6 Å². The fourth-order valence-corrected chi connectivity index (χ4v) is 5.03. The highest BCUT2D eigenvalue weighted by Crippen LogP contribution is 2.54. The minimum Gasteiger partial charge on any atom is -0.497 e. The Morgan fingerprint density at radius 1 is 1.10 bits per heavy atom. The number of benzene rings is 1. The van der Waals surface area contributed by atoms with Gasteiger partial charge in [0.1, 0.15) is 5.75 Å². The molecule has 0 bridgehead atoms. The molecule has 3 aliphatic rings. The van der Waals surface area contributed by atoms with E-state index in [-0.39, 0.29) is 0 Å². The fraction of sp³-hybridized carbons (Fsp3) is 0.579. The van der Waals surface area contributed by atoms with Crippen LogP contribution in [0.4, 0.5) is 0 Å². The third-order valence-corrected chi connectivity index (χ3v) is 6.05. The number of hydrogen-bond donors (Lipinski definition) is 0. The number of fused-ring (bicyclic) bond motifs is 5. The molecule has 1 unspecified atom stereocenters. The van der Waals surface area contributed by atoms with Crippen molar-refractivity contribution < 1.29 is 4.74 Å². The van der Waals surface area contributed by atoms with Crippen molar-refractivity contribution in [2.75, 3.05) is 7.11 Å². The Morgan fingerprint density at radius 2 is 2.00 bits per heavy atom. The lowest BCUT2D eigenvalue weighted by molar-refractivity contribution is 0.268. The van der Waals surface area contributed by atoms with Crippen LogP contribution in [0.5, 0.6) is 5.75 Å². The summed E-state index contributed by atoms with van der Waals surface area (Å²) in [5.41, 5.74) is 4.94. The minimum absolute atomic E-state index is 0.767. The van der Waals surface area contributed by atoms with E-state index in [1.165, 1.54) is 37.7 Å². The second-order valence-corrected chi connectivity index (χ2v) is 6.90. The molecule has 0 spiro atoms. The van der Waals surface area contributed by atoms with E-state index in [1.54, 1.807) is 18.2 Å². The maximum Gasteiger partial charge on any atom is 0.119 e. The molecule has 0 aliphatic heterocycles. The van der Waals surface area contributed by atoms with Gasteiger partial charge < -0.3 is 4.74 Å². The highest BCUT2D eigenvalue weighted by atomic mass is 16.5. The van der Waals surface area contributed by atoms with Gasteiger partial charge in [0.15, 0.2) is 0 Å². The molecule has 0 amide bonds. The number of rotatable bonds is 1. The van der Waals surface area contributed by atoms with Gasteiger partial charge >= 0.3 is 0 Å². The van der Waals surface area contributed by atoms with Gasteiger partial charge in [0.05, 0.1) is 7.11 Å². The molecule has 0 aromatic heterocycles. The second-order valence-electron chi connectivity index (χ2n) is 6.90. The van der Waals surface area contributed by atoms with E-state index in [9.17, 15) is 0 Å². The van der Waals surface area contributed by atoms with Gasteiger partial charge in [0.2, 0.25) is 0 Å². The van der Waals surface area contributed by atoms with Crippen LogP contribution < -0.4 is 4.74 Å². The summed E-state index contributed by atoms with van der Waals surface area (Å²) >= 11 is 0. The van der Waals surface area contributed by atoms with E-state index in [4.69, 9.17) is 4.74 Å². The van der Waals surface area contributed by atoms with Crippen LogP contribution >= 0.6 is 0 Å².